The summed E-state index contributed by atoms with van der Waals surface area (Å²) in [6.07, 6.45) is 1.03. The van der Waals surface area contributed by atoms with Crippen LogP contribution < -0.4 is 5.32 Å². The molecule has 2 N–H and O–H groups in total. The number of hydrogen-bond donors (Lipinski definition) is 2. The van der Waals surface area contributed by atoms with Gasteiger partial charge in [-0.25, -0.2) is 4.98 Å². The normalized spacial score (nSPS) is 10.8. The number of nitrogens with zero attached hydrogens (tertiary/aromatic N) is 1. The van der Waals surface area contributed by atoms with Crippen molar-refractivity contribution in [1.29, 1.82) is 0 Å². The van der Waals surface area contributed by atoms with Gasteiger partial charge in [0.25, 0.3) is 0 Å². The van der Waals surface area contributed by atoms with E-state index in [2.05, 4.69) is 29.4 Å². The van der Waals surface area contributed by atoms with E-state index >= 15 is 0 Å². The summed E-state index contributed by atoms with van der Waals surface area (Å²) >= 11 is 1.72. The third-order valence-electron chi connectivity index (χ3n) is 2.91. The Bertz CT molecular complexity index is 479. The highest BCUT2D eigenvalue weighted by molar-refractivity contribution is 7.09. The van der Waals surface area contributed by atoms with Gasteiger partial charge in [0.05, 0.1) is 17.8 Å². The fourth-order valence-corrected chi connectivity index (χ4v) is 2.54. The molecule has 2 rings (SSSR count). The molecule has 18 heavy (non-hydrogen) atoms. The van der Waals surface area contributed by atoms with Crippen molar-refractivity contribution in [3.63, 3.8) is 0 Å². The van der Waals surface area contributed by atoms with E-state index in [-0.39, 0.29) is 6.61 Å². The molecule has 0 fully saturated rings. The average molecular weight is 262 g/mol. The van der Waals surface area contributed by atoms with Gasteiger partial charge in [-0.3, -0.25) is 0 Å². The number of benzene rings is 1. The molecule has 0 aliphatic carbocycles. The van der Waals surface area contributed by atoms with Gasteiger partial charge < -0.3 is 10.4 Å². The molecule has 0 unspecified atom stereocenters. The van der Waals surface area contributed by atoms with E-state index in [1.54, 1.807) is 11.3 Å². The molecule has 0 spiro atoms. The molecule has 2 aromatic rings. The van der Waals surface area contributed by atoms with E-state index in [9.17, 15) is 0 Å². The Morgan fingerprint density at radius 3 is 2.56 bits per heavy atom. The van der Waals surface area contributed by atoms with Gasteiger partial charge in [0.15, 0.2) is 0 Å². The van der Waals surface area contributed by atoms with Crippen LogP contribution in [-0.2, 0) is 19.6 Å². The quantitative estimate of drug-likeness (QED) is 0.785. The minimum atomic E-state index is 0.109. The van der Waals surface area contributed by atoms with Gasteiger partial charge in [0.1, 0.15) is 0 Å². The number of nitrogens with one attached hydrogen (secondary N) is 1. The molecule has 3 nitrogen and oxygen atoms in total. The third-order valence-corrected chi connectivity index (χ3v) is 3.90. The second kappa shape index (κ2) is 6.64. The molecule has 1 aromatic carbocycles. The minimum absolute atomic E-state index is 0.109. The van der Waals surface area contributed by atoms with Crippen molar-refractivity contribution in [3.05, 3.63) is 51.5 Å². The van der Waals surface area contributed by atoms with Crippen molar-refractivity contribution in [2.45, 2.75) is 26.5 Å². The predicted octanol–water partition coefficient (Wildman–Crippen LogP) is 2.28. The van der Waals surface area contributed by atoms with Gasteiger partial charge in [-0.15, -0.1) is 11.3 Å². The monoisotopic (exact) mass is 262 g/mol. The second-order valence-electron chi connectivity index (χ2n) is 4.26. The first-order valence-electron chi connectivity index (χ1n) is 6.08. The summed E-state index contributed by atoms with van der Waals surface area (Å²) in [5.74, 6) is 0. The van der Waals surface area contributed by atoms with Crippen LogP contribution in [0.1, 0.15) is 21.7 Å². The van der Waals surface area contributed by atoms with Crippen molar-refractivity contribution in [1.82, 2.24) is 10.3 Å². The van der Waals surface area contributed by atoms with Crippen LogP contribution in [0.25, 0.3) is 0 Å². The Morgan fingerprint density at radius 2 is 1.94 bits per heavy atom. The number of hydrogen-bond acceptors (Lipinski definition) is 4. The van der Waals surface area contributed by atoms with E-state index in [0.29, 0.717) is 0 Å². The number of aryl methyl sites for hydroxylation is 1. The Kier molecular flexibility index (Phi) is 4.87. The Labute approximate surface area is 112 Å². The predicted molar refractivity (Wildman–Crippen MR) is 74.6 cm³/mol. The summed E-state index contributed by atoms with van der Waals surface area (Å²) in [7, 11) is 0. The lowest BCUT2D eigenvalue weighted by Gasteiger charge is -2.05. The number of rotatable bonds is 6. The summed E-state index contributed by atoms with van der Waals surface area (Å²) in [6, 6.07) is 8.03. The molecule has 0 aliphatic rings. The maximum absolute atomic E-state index is 8.95. The summed E-state index contributed by atoms with van der Waals surface area (Å²) < 4.78 is 0. The topological polar surface area (TPSA) is 45.2 Å². The van der Waals surface area contributed by atoms with Gasteiger partial charge in [-0.05, 0) is 24.5 Å². The second-order valence-corrected chi connectivity index (χ2v) is 5.20. The van der Waals surface area contributed by atoms with Crippen LogP contribution in [0.5, 0.6) is 0 Å². The van der Waals surface area contributed by atoms with Crippen LogP contribution in [0.15, 0.2) is 29.8 Å². The van der Waals surface area contributed by atoms with E-state index in [4.69, 9.17) is 5.11 Å². The summed E-state index contributed by atoms with van der Waals surface area (Å²) in [4.78, 5) is 5.60. The van der Waals surface area contributed by atoms with Crippen molar-refractivity contribution >= 4 is 11.3 Å². The summed E-state index contributed by atoms with van der Waals surface area (Å²) in [5.41, 5.74) is 5.25. The third kappa shape index (κ3) is 3.63. The molecule has 4 heteroatoms. The van der Waals surface area contributed by atoms with E-state index in [0.717, 1.165) is 30.8 Å². The number of aliphatic hydroxyl groups is 1. The molecule has 0 aliphatic heterocycles. The van der Waals surface area contributed by atoms with Gasteiger partial charge in [-0.1, -0.05) is 24.3 Å². The standard InChI is InChI=1S/C14H18N2OS/c1-11-14(18-10-16-11)6-7-15-8-12-2-4-13(9-17)5-3-12/h2-5,10,15,17H,6-9H2,1H3. The first-order valence-corrected chi connectivity index (χ1v) is 6.96. The Balaban J connectivity index is 1.73. The van der Waals surface area contributed by atoms with Crippen molar-refractivity contribution < 1.29 is 5.11 Å². The van der Waals surface area contributed by atoms with Crippen molar-refractivity contribution in [3.8, 4) is 0 Å². The highest BCUT2D eigenvalue weighted by Crippen LogP contribution is 2.12. The molecule has 1 aromatic heterocycles. The maximum atomic E-state index is 8.95. The largest absolute Gasteiger partial charge is 0.392 e. The number of aromatic nitrogens is 1. The highest BCUT2D eigenvalue weighted by atomic mass is 32.1. The van der Waals surface area contributed by atoms with Crippen LogP contribution in [0, 0.1) is 6.92 Å². The average Bonchev–Trinajstić information content (AvgIpc) is 2.81. The van der Waals surface area contributed by atoms with Crippen LogP contribution in [0.2, 0.25) is 0 Å². The number of thiazole rings is 1. The maximum Gasteiger partial charge on any atom is 0.0797 e. The fourth-order valence-electron chi connectivity index (χ4n) is 1.76. The smallest absolute Gasteiger partial charge is 0.0797 e. The first-order chi connectivity index (χ1) is 8.79. The highest BCUT2D eigenvalue weighted by Gasteiger charge is 2.00. The number of aliphatic hydroxyl groups excluding tert-OH is 1. The van der Waals surface area contributed by atoms with Crippen LogP contribution in [0.3, 0.4) is 0 Å². The Hall–Kier alpha value is -1.23. The lowest BCUT2D eigenvalue weighted by atomic mass is 10.1. The zero-order chi connectivity index (χ0) is 12.8. The zero-order valence-corrected chi connectivity index (χ0v) is 11.3. The summed E-state index contributed by atoms with van der Waals surface area (Å²) in [5, 5.41) is 12.4. The van der Waals surface area contributed by atoms with Gasteiger partial charge in [0, 0.05) is 18.0 Å². The lowest BCUT2D eigenvalue weighted by Crippen LogP contribution is -2.16. The van der Waals surface area contributed by atoms with Gasteiger partial charge in [0.2, 0.25) is 0 Å². The summed E-state index contributed by atoms with van der Waals surface area (Å²) in [6.45, 7) is 3.99. The van der Waals surface area contributed by atoms with Gasteiger partial charge >= 0.3 is 0 Å². The Morgan fingerprint density at radius 1 is 1.22 bits per heavy atom. The molecule has 0 bridgehead atoms. The molecule has 0 atom stereocenters. The SMILES string of the molecule is Cc1ncsc1CCNCc1ccc(CO)cc1. The van der Waals surface area contributed by atoms with E-state index < -0.39 is 0 Å². The molecule has 0 amide bonds. The van der Waals surface area contributed by atoms with Crippen LogP contribution >= 0.6 is 11.3 Å². The molecule has 0 radical (unpaired) electrons. The molecule has 1 heterocycles. The minimum Gasteiger partial charge on any atom is -0.392 e. The fraction of sp³-hybridized carbons (Fsp3) is 0.357. The molecular formula is C14H18N2OS. The lowest BCUT2D eigenvalue weighted by molar-refractivity contribution is 0.282. The molecule has 0 saturated heterocycles. The molecular weight excluding hydrogens is 244 g/mol. The van der Waals surface area contributed by atoms with Crippen LogP contribution in [0.4, 0.5) is 0 Å². The van der Waals surface area contributed by atoms with E-state index in [1.807, 2.05) is 17.6 Å². The van der Waals surface area contributed by atoms with Crippen molar-refractivity contribution in [2.75, 3.05) is 6.54 Å². The van der Waals surface area contributed by atoms with Crippen LogP contribution in [-0.4, -0.2) is 16.6 Å². The first kappa shape index (κ1) is 13.2. The van der Waals surface area contributed by atoms with E-state index in [1.165, 1.54) is 10.4 Å². The van der Waals surface area contributed by atoms with Gasteiger partial charge in [-0.2, -0.15) is 0 Å². The van der Waals surface area contributed by atoms with Crippen molar-refractivity contribution in [2.24, 2.45) is 0 Å². The zero-order valence-electron chi connectivity index (χ0n) is 10.5. The molecule has 0 saturated carbocycles. The molecule has 96 valence electrons.